The van der Waals surface area contributed by atoms with E-state index in [1.807, 2.05) is 0 Å². The van der Waals surface area contributed by atoms with Crippen LogP contribution in [0.1, 0.15) is 12.8 Å². The Bertz CT molecular complexity index is 251. The van der Waals surface area contributed by atoms with Crippen molar-refractivity contribution in [3.05, 3.63) is 30.3 Å². The first kappa shape index (κ1) is 11.9. The van der Waals surface area contributed by atoms with E-state index in [-0.39, 0.29) is 6.29 Å². The van der Waals surface area contributed by atoms with Crippen LogP contribution in [0.25, 0.3) is 0 Å². The van der Waals surface area contributed by atoms with Crippen molar-refractivity contribution in [1.82, 2.24) is 0 Å². The number of aldehydes is 1. The molecule has 0 aliphatic heterocycles. The summed E-state index contributed by atoms with van der Waals surface area (Å²) in [6.45, 7) is 0. The van der Waals surface area contributed by atoms with Crippen LogP contribution in [0.2, 0.25) is 0 Å². The number of carbonyl (C=O) groups excluding carboxylic acids is 1. The first-order chi connectivity index (χ1) is 6.39. The average molecular weight is 207 g/mol. The molecular weight excluding hydrogens is 202 g/mol. The van der Waals surface area contributed by atoms with Gasteiger partial charge in [-0.15, -0.1) is 0 Å². The molecule has 14 heavy (non-hydrogen) atoms. The van der Waals surface area contributed by atoms with Gasteiger partial charge < -0.3 is 4.79 Å². The van der Waals surface area contributed by atoms with Gasteiger partial charge in [0, 0.05) is 6.42 Å². The van der Waals surface area contributed by atoms with Crippen LogP contribution in [0.3, 0.4) is 0 Å². The van der Waals surface area contributed by atoms with Crippen LogP contribution >= 0.6 is 0 Å². The monoisotopic (exact) mass is 207 g/mol. The van der Waals surface area contributed by atoms with Gasteiger partial charge in [0.05, 0.1) is 0 Å². The van der Waals surface area contributed by atoms with Crippen LogP contribution in [0, 0.1) is 30.3 Å². The number of rotatable bonds is 6. The molecule has 0 saturated carbocycles. The highest BCUT2D eigenvalue weighted by molar-refractivity contribution is 5.49. The number of nitro groups is 3. The fourth-order valence-electron chi connectivity index (χ4n) is 0.726. The lowest BCUT2D eigenvalue weighted by Gasteiger charge is -2.06. The summed E-state index contributed by atoms with van der Waals surface area (Å²) in [5, 5.41) is 30.6. The largest absolute Gasteiger partial charge is 0.700 e. The zero-order valence-electron chi connectivity index (χ0n) is 6.69. The van der Waals surface area contributed by atoms with Crippen molar-refractivity contribution in [2.24, 2.45) is 0 Å². The van der Waals surface area contributed by atoms with E-state index in [4.69, 9.17) is 0 Å². The van der Waals surface area contributed by atoms with Crippen LogP contribution in [-0.2, 0) is 4.79 Å². The number of nitrogens with zero attached hydrogens (tertiary/aromatic N) is 3. The predicted octanol–water partition coefficient (Wildman–Crippen LogP) is -0.551. The minimum absolute atomic E-state index is 0.144. The van der Waals surface area contributed by atoms with Gasteiger partial charge in [-0.1, -0.05) is 0 Å². The Labute approximate surface area is 76.0 Å². The molecule has 78 valence electrons. The lowest BCUT2D eigenvalue weighted by molar-refractivity contribution is -0.970. The van der Waals surface area contributed by atoms with Crippen molar-refractivity contribution in [3.63, 3.8) is 0 Å². The maximum absolute atomic E-state index is 10.2. The van der Waals surface area contributed by atoms with Crippen molar-refractivity contribution >= 4 is 6.29 Å². The molecule has 0 aliphatic rings. The van der Waals surface area contributed by atoms with E-state index in [2.05, 4.69) is 0 Å². The van der Waals surface area contributed by atoms with Gasteiger partial charge in [0.25, 0.3) is 0 Å². The molecule has 0 amide bonds. The minimum atomic E-state index is -3.51. The van der Waals surface area contributed by atoms with E-state index >= 15 is 0 Å². The quantitative estimate of drug-likeness (QED) is 0.245. The van der Waals surface area contributed by atoms with Gasteiger partial charge >= 0.3 is 5.79 Å². The number of carbonyl (C=O) groups is 1. The fourth-order valence-corrected chi connectivity index (χ4v) is 0.726. The van der Waals surface area contributed by atoms with Gasteiger partial charge in [0.1, 0.15) is 6.29 Å². The molecule has 0 saturated heterocycles. The maximum Gasteiger partial charge on any atom is 0.700 e. The highest BCUT2D eigenvalue weighted by atomic mass is 16.7. The molecule has 0 N–H and O–H groups in total. The third-order valence-corrected chi connectivity index (χ3v) is 1.47. The van der Waals surface area contributed by atoms with E-state index in [1.165, 1.54) is 0 Å². The van der Waals surface area contributed by atoms with E-state index in [0.717, 1.165) is 0 Å². The molecule has 0 aromatic carbocycles. The molecule has 0 aromatic rings. The molecule has 10 nitrogen and oxygen atoms in total. The van der Waals surface area contributed by atoms with Gasteiger partial charge in [0.15, 0.2) is 21.2 Å². The third kappa shape index (κ3) is 1.78. The van der Waals surface area contributed by atoms with Crippen molar-refractivity contribution in [1.29, 1.82) is 0 Å². The Morgan fingerprint density at radius 1 is 1.00 bits per heavy atom. The topological polar surface area (TPSA) is 146 Å². The molecule has 0 atom stereocenters. The second kappa shape index (κ2) is 4.20. The molecule has 0 spiro atoms. The van der Waals surface area contributed by atoms with Gasteiger partial charge in [-0.05, 0) is 0 Å². The average Bonchev–Trinajstić information content (AvgIpc) is 2.03. The Balaban J connectivity index is 5.15. The van der Waals surface area contributed by atoms with E-state index < -0.39 is 33.4 Å². The summed E-state index contributed by atoms with van der Waals surface area (Å²) >= 11 is 0. The molecule has 10 heteroatoms. The van der Waals surface area contributed by atoms with E-state index in [0.29, 0.717) is 0 Å². The summed E-state index contributed by atoms with van der Waals surface area (Å²) in [5.41, 5.74) is 0. The maximum atomic E-state index is 10.2. The van der Waals surface area contributed by atoms with Crippen LogP contribution in [0.4, 0.5) is 0 Å². The smallest absolute Gasteiger partial charge is 0.303 e. The van der Waals surface area contributed by atoms with E-state index in [1.54, 1.807) is 0 Å². The zero-order chi connectivity index (χ0) is 11.4. The SMILES string of the molecule is O=CCCC([N+](=O)[O-])([N+](=O)[O-])[N+](=O)[O-]. The second-order valence-corrected chi connectivity index (χ2v) is 2.25. The predicted molar refractivity (Wildman–Crippen MR) is 39.0 cm³/mol. The summed E-state index contributed by atoms with van der Waals surface area (Å²) in [6, 6.07) is 0. The highest BCUT2D eigenvalue weighted by Crippen LogP contribution is 2.18. The van der Waals surface area contributed by atoms with Gasteiger partial charge in [-0.3, -0.25) is 30.3 Å². The van der Waals surface area contributed by atoms with Gasteiger partial charge in [-0.25, -0.2) is 0 Å². The van der Waals surface area contributed by atoms with Crippen molar-refractivity contribution in [2.45, 2.75) is 18.6 Å². The summed E-state index contributed by atoms with van der Waals surface area (Å²) < 4.78 is 0. The molecular formula is C4H5N3O7. The molecule has 0 radical (unpaired) electrons. The lowest BCUT2D eigenvalue weighted by Crippen LogP contribution is -2.53. The molecule has 0 aromatic heterocycles. The first-order valence-corrected chi connectivity index (χ1v) is 3.26. The van der Waals surface area contributed by atoms with Crippen molar-refractivity contribution in [3.8, 4) is 0 Å². The third-order valence-electron chi connectivity index (χ3n) is 1.47. The normalized spacial score (nSPS) is 10.6. The Kier molecular flexibility index (Phi) is 3.56. The molecule has 0 fully saturated rings. The zero-order valence-corrected chi connectivity index (χ0v) is 6.69. The standard InChI is InChI=1S/C4H5N3O7/c8-3-1-2-4(5(9)10,6(11)12)7(13)14/h3H,1-2H2. The Hall–Kier alpha value is -2.13. The fraction of sp³-hybridized carbons (Fsp3) is 0.750. The molecule has 0 rings (SSSR count). The summed E-state index contributed by atoms with van der Waals surface area (Å²) in [6.07, 6.45) is -1.54. The van der Waals surface area contributed by atoms with Crippen LogP contribution in [-0.4, -0.2) is 26.8 Å². The van der Waals surface area contributed by atoms with Gasteiger partial charge in [-0.2, -0.15) is 0 Å². The number of hydrogen-bond donors (Lipinski definition) is 0. The van der Waals surface area contributed by atoms with Crippen LogP contribution < -0.4 is 0 Å². The first-order valence-electron chi connectivity index (χ1n) is 3.26. The Morgan fingerprint density at radius 3 is 1.57 bits per heavy atom. The summed E-state index contributed by atoms with van der Waals surface area (Å²) in [5.74, 6) is -3.51. The highest BCUT2D eigenvalue weighted by Gasteiger charge is 2.69. The Morgan fingerprint density at radius 2 is 1.36 bits per heavy atom. The minimum Gasteiger partial charge on any atom is -0.303 e. The van der Waals surface area contributed by atoms with Crippen LogP contribution in [0.5, 0.6) is 0 Å². The summed E-state index contributed by atoms with van der Waals surface area (Å²) in [4.78, 5) is 35.7. The van der Waals surface area contributed by atoms with Gasteiger partial charge in [0.2, 0.25) is 0 Å². The molecule has 0 aliphatic carbocycles. The lowest BCUT2D eigenvalue weighted by atomic mass is 10.2. The molecule has 0 bridgehead atoms. The summed E-state index contributed by atoms with van der Waals surface area (Å²) in [7, 11) is 0. The molecule has 0 unspecified atom stereocenters. The van der Waals surface area contributed by atoms with E-state index in [9.17, 15) is 35.1 Å². The second-order valence-electron chi connectivity index (χ2n) is 2.25. The van der Waals surface area contributed by atoms with Crippen molar-refractivity contribution < 1.29 is 19.6 Å². The molecule has 0 heterocycles. The van der Waals surface area contributed by atoms with Crippen molar-refractivity contribution in [2.75, 3.05) is 0 Å². The number of hydrogen-bond acceptors (Lipinski definition) is 7. The van der Waals surface area contributed by atoms with Crippen LogP contribution in [0.15, 0.2) is 0 Å².